The predicted molar refractivity (Wildman–Crippen MR) is 72.8 cm³/mol. The largest absolute Gasteiger partial charge is 0.465 e. The molecule has 0 N–H and O–H groups in total. The lowest BCUT2D eigenvalue weighted by Crippen LogP contribution is -2.27. The quantitative estimate of drug-likeness (QED) is 0.760. The van der Waals surface area contributed by atoms with Crippen molar-refractivity contribution in [2.45, 2.75) is 13.5 Å². The van der Waals surface area contributed by atoms with E-state index in [1.165, 1.54) is 0 Å². The van der Waals surface area contributed by atoms with Crippen molar-refractivity contribution in [2.75, 3.05) is 20.2 Å². The third kappa shape index (κ3) is 3.90. The second-order valence-electron chi connectivity index (χ2n) is 4.14. The molecule has 0 saturated heterocycles. The van der Waals surface area contributed by atoms with E-state index in [0.717, 1.165) is 16.3 Å². The van der Waals surface area contributed by atoms with Crippen LogP contribution in [-0.2, 0) is 16.1 Å². The molecule has 0 bridgehead atoms. The first kappa shape index (κ1) is 13.8. The molecule has 0 aliphatic rings. The Kier molecular flexibility index (Phi) is 4.70. The van der Waals surface area contributed by atoms with Crippen molar-refractivity contribution in [3.63, 3.8) is 0 Å². The van der Waals surface area contributed by atoms with Gasteiger partial charge in [-0.2, -0.15) is 0 Å². The summed E-state index contributed by atoms with van der Waals surface area (Å²) in [6, 6.07) is 5.85. The molecular formula is C13H16N2O3S. The van der Waals surface area contributed by atoms with Gasteiger partial charge in [-0.3, -0.25) is 9.69 Å². The molecule has 0 fully saturated rings. The Hall–Kier alpha value is -1.66. The highest BCUT2D eigenvalue weighted by molar-refractivity contribution is 7.13. The molecule has 0 unspecified atom stereocenters. The number of ether oxygens (including phenoxy) is 1. The second-order valence-corrected chi connectivity index (χ2v) is 5.08. The van der Waals surface area contributed by atoms with E-state index in [1.54, 1.807) is 18.3 Å². The molecule has 0 amide bonds. The monoisotopic (exact) mass is 280 g/mol. The van der Waals surface area contributed by atoms with E-state index in [-0.39, 0.29) is 12.5 Å². The molecule has 0 atom stereocenters. The van der Waals surface area contributed by atoms with Crippen LogP contribution in [0.25, 0.3) is 10.6 Å². The Labute approximate surface area is 115 Å². The predicted octanol–water partition coefficient (Wildman–Crippen LogP) is 2.40. The number of hydrogen-bond donors (Lipinski definition) is 0. The summed E-state index contributed by atoms with van der Waals surface area (Å²) in [6.45, 7) is 2.99. The van der Waals surface area contributed by atoms with Crippen molar-refractivity contribution in [2.24, 2.45) is 0 Å². The van der Waals surface area contributed by atoms with Gasteiger partial charge in [0.1, 0.15) is 0 Å². The first-order chi connectivity index (χ1) is 9.19. The number of nitrogens with zero attached hydrogens (tertiary/aromatic N) is 2. The third-order valence-electron chi connectivity index (χ3n) is 2.46. The topological polar surface area (TPSA) is 55.6 Å². The number of esters is 1. The Morgan fingerprint density at radius 3 is 3.11 bits per heavy atom. The minimum atomic E-state index is -0.230. The van der Waals surface area contributed by atoms with Crippen molar-refractivity contribution < 1.29 is 14.1 Å². The van der Waals surface area contributed by atoms with Gasteiger partial charge in [-0.05, 0) is 25.4 Å². The molecule has 2 aromatic heterocycles. The maximum absolute atomic E-state index is 11.3. The molecule has 2 aromatic rings. The molecule has 19 heavy (non-hydrogen) atoms. The number of rotatable bonds is 6. The normalized spacial score (nSPS) is 10.9. The molecule has 0 radical (unpaired) electrons. The molecule has 0 aromatic carbocycles. The maximum atomic E-state index is 11.3. The van der Waals surface area contributed by atoms with Gasteiger partial charge in [-0.25, -0.2) is 0 Å². The van der Waals surface area contributed by atoms with Gasteiger partial charge in [0.25, 0.3) is 0 Å². The van der Waals surface area contributed by atoms with Crippen LogP contribution in [0.1, 0.15) is 12.6 Å². The summed E-state index contributed by atoms with van der Waals surface area (Å²) in [4.78, 5) is 14.2. The lowest BCUT2D eigenvalue weighted by molar-refractivity contribution is -0.144. The van der Waals surface area contributed by atoms with Gasteiger partial charge >= 0.3 is 5.97 Å². The summed E-state index contributed by atoms with van der Waals surface area (Å²) < 4.78 is 10.2. The van der Waals surface area contributed by atoms with Gasteiger partial charge in [-0.15, -0.1) is 11.3 Å². The number of likely N-dealkylation sites (N-methyl/N-ethyl adjacent to an activating group) is 1. The fourth-order valence-corrected chi connectivity index (χ4v) is 2.35. The molecule has 0 aliphatic heterocycles. The molecule has 2 heterocycles. The molecule has 0 aliphatic carbocycles. The first-order valence-electron chi connectivity index (χ1n) is 6.02. The maximum Gasteiger partial charge on any atom is 0.320 e. The van der Waals surface area contributed by atoms with Crippen LogP contribution in [0.5, 0.6) is 0 Å². The van der Waals surface area contributed by atoms with Gasteiger partial charge in [0.15, 0.2) is 5.76 Å². The summed E-state index contributed by atoms with van der Waals surface area (Å²) in [5.41, 5.74) is 0.801. The zero-order valence-corrected chi connectivity index (χ0v) is 11.8. The average molecular weight is 280 g/mol. The van der Waals surface area contributed by atoms with Crippen LogP contribution in [0.15, 0.2) is 28.1 Å². The van der Waals surface area contributed by atoms with E-state index < -0.39 is 0 Å². The second kappa shape index (κ2) is 6.49. The zero-order chi connectivity index (χ0) is 13.7. The van der Waals surface area contributed by atoms with Crippen molar-refractivity contribution >= 4 is 17.3 Å². The van der Waals surface area contributed by atoms with E-state index in [2.05, 4.69) is 5.16 Å². The van der Waals surface area contributed by atoms with Gasteiger partial charge in [0.2, 0.25) is 0 Å². The number of thiophene rings is 1. The van der Waals surface area contributed by atoms with Gasteiger partial charge < -0.3 is 9.26 Å². The molecule has 102 valence electrons. The Morgan fingerprint density at radius 1 is 1.58 bits per heavy atom. The van der Waals surface area contributed by atoms with Crippen LogP contribution in [0.3, 0.4) is 0 Å². The van der Waals surface area contributed by atoms with Crippen LogP contribution in [0.2, 0.25) is 0 Å². The zero-order valence-electron chi connectivity index (χ0n) is 11.0. The van der Waals surface area contributed by atoms with E-state index in [9.17, 15) is 4.79 Å². The Balaban J connectivity index is 1.91. The van der Waals surface area contributed by atoms with Crippen molar-refractivity contribution in [1.82, 2.24) is 10.1 Å². The number of carbonyl (C=O) groups excluding carboxylic acids is 1. The summed E-state index contributed by atoms with van der Waals surface area (Å²) in [5.74, 6) is 0.529. The highest BCUT2D eigenvalue weighted by atomic mass is 32.1. The van der Waals surface area contributed by atoms with Crippen molar-refractivity contribution in [3.05, 3.63) is 29.3 Å². The van der Waals surface area contributed by atoms with Gasteiger partial charge in [0, 0.05) is 12.6 Å². The lowest BCUT2D eigenvalue weighted by Gasteiger charge is -2.13. The van der Waals surface area contributed by atoms with Gasteiger partial charge in [-0.1, -0.05) is 11.2 Å². The van der Waals surface area contributed by atoms with Crippen molar-refractivity contribution in [1.29, 1.82) is 0 Å². The SMILES string of the molecule is CCOC(=O)CN(C)Cc1cc(-c2cccs2)on1. The molecule has 2 rings (SSSR count). The van der Waals surface area contributed by atoms with E-state index in [1.807, 2.05) is 35.5 Å². The molecule has 6 heteroatoms. The fraction of sp³-hybridized carbons (Fsp3) is 0.385. The minimum Gasteiger partial charge on any atom is -0.465 e. The summed E-state index contributed by atoms with van der Waals surface area (Å²) >= 11 is 1.60. The van der Waals surface area contributed by atoms with Gasteiger partial charge in [0.05, 0.1) is 23.7 Å². The van der Waals surface area contributed by atoms with Crippen LogP contribution in [-0.4, -0.2) is 36.2 Å². The van der Waals surface area contributed by atoms with E-state index >= 15 is 0 Å². The molecular weight excluding hydrogens is 264 g/mol. The standard InChI is InChI=1S/C13H16N2O3S/c1-3-17-13(16)9-15(2)8-10-7-11(18-14-10)12-5-4-6-19-12/h4-7H,3,8-9H2,1-2H3. The highest BCUT2D eigenvalue weighted by Crippen LogP contribution is 2.25. The molecule has 0 spiro atoms. The van der Waals surface area contributed by atoms with Crippen LogP contribution in [0, 0.1) is 0 Å². The highest BCUT2D eigenvalue weighted by Gasteiger charge is 2.12. The average Bonchev–Trinajstić information content (AvgIpc) is 2.98. The lowest BCUT2D eigenvalue weighted by atomic mass is 10.3. The molecule has 0 saturated carbocycles. The summed E-state index contributed by atoms with van der Waals surface area (Å²) in [5, 5.41) is 5.99. The smallest absolute Gasteiger partial charge is 0.320 e. The van der Waals surface area contributed by atoms with E-state index in [4.69, 9.17) is 9.26 Å². The van der Waals surface area contributed by atoms with Crippen LogP contribution >= 0.6 is 11.3 Å². The van der Waals surface area contributed by atoms with Crippen molar-refractivity contribution in [3.8, 4) is 10.6 Å². The Bertz CT molecular complexity index is 522. The third-order valence-corrected chi connectivity index (χ3v) is 3.34. The number of hydrogen-bond acceptors (Lipinski definition) is 6. The van der Waals surface area contributed by atoms with Crippen LogP contribution in [0.4, 0.5) is 0 Å². The first-order valence-corrected chi connectivity index (χ1v) is 6.90. The number of aromatic nitrogens is 1. The Morgan fingerprint density at radius 2 is 2.42 bits per heavy atom. The fourth-order valence-electron chi connectivity index (χ4n) is 1.68. The minimum absolute atomic E-state index is 0.230. The van der Waals surface area contributed by atoms with Crippen LogP contribution < -0.4 is 0 Å². The number of carbonyl (C=O) groups is 1. The summed E-state index contributed by atoms with van der Waals surface area (Å²) in [7, 11) is 1.84. The summed E-state index contributed by atoms with van der Waals surface area (Å²) in [6.07, 6.45) is 0. The van der Waals surface area contributed by atoms with E-state index in [0.29, 0.717) is 13.2 Å². The molecule has 5 nitrogen and oxygen atoms in total.